The van der Waals surface area contributed by atoms with E-state index in [9.17, 15) is 14.4 Å². The van der Waals surface area contributed by atoms with E-state index in [1.54, 1.807) is 0 Å². The molecule has 0 aliphatic heterocycles. The SMILES string of the molecule is CC/C=C\C/C=C\C/C=C\CCCCCCCC(=O)OCC(COC(=O)CCCCCCCCCCCCCCCCCCC/C=C\C/C=C\CCCCCCC)OC(=O)CCCCCCCCCCCCCCCCCCCC. The van der Waals surface area contributed by atoms with Crippen molar-refractivity contribution in [2.45, 2.75) is 380 Å². The zero-order valence-electron chi connectivity index (χ0n) is 53.6. The summed E-state index contributed by atoms with van der Waals surface area (Å²) in [5.74, 6) is -0.868. The highest BCUT2D eigenvalue weighted by Crippen LogP contribution is 2.18. The standard InChI is InChI=1S/C74H134O6/c1-4-7-10-13-16-19-22-25-28-30-32-33-34-35-36-37-38-39-40-41-42-44-46-49-52-55-58-61-64-67-73(76)79-70-71(69-78-72(75)66-63-60-57-54-51-48-45-27-24-21-18-15-12-9-6-3)80-74(77)68-65-62-59-56-53-50-47-43-31-29-26-23-20-17-14-11-8-5-2/h9,12,18,21-22,25,27,30,32,45,71H,4-8,10-11,13-17,19-20,23-24,26,28-29,31,33-44,46-70H2,1-3H3/b12-9-,21-18-,25-22-,32-30-,45-27-. The van der Waals surface area contributed by atoms with Crippen LogP contribution in [-0.4, -0.2) is 37.2 Å². The van der Waals surface area contributed by atoms with Gasteiger partial charge in [-0.25, -0.2) is 0 Å². The lowest BCUT2D eigenvalue weighted by Gasteiger charge is -2.18. The maximum absolute atomic E-state index is 12.9. The third-order valence-electron chi connectivity index (χ3n) is 15.8. The van der Waals surface area contributed by atoms with Crippen molar-refractivity contribution in [1.82, 2.24) is 0 Å². The van der Waals surface area contributed by atoms with E-state index < -0.39 is 6.10 Å². The number of ether oxygens (including phenoxy) is 3. The first-order valence-corrected chi connectivity index (χ1v) is 35.3. The Labute approximate surface area is 498 Å². The second-order valence-corrected chi connectivity index (χ2v) is 23.8. The fourth-order valence-corrected chi connectivity index (χ4v) is 10.5. The predicted molar refractivity (Wildman–Crippen MR) is 348 cm³/mol. The lowest BCUT2D eigenvalue weighted by molar-refractivity contribution is -0.167. The van der Waals surface area contributed by atoms with Gasteiger partial charge in [0.1, 0.15) is 13.2 Å². The Morgan fingerprint density at radius 2 is 0.487 bits per heavy atom. The first-order valence-electron chi connectivity index (χ1n) is 35.3. The number of esters is 3. The minimum atomic E-state index is -0.780. The van der Waals surface area contributed by atoms with E-state index in [2.05, 4.69) is 81.5 Å². The molecule has 80 heavy (non-hydrogen) atoms. The Morgan fingerprint density at radius 3 is 0.762 bits per heavy atom. The quantitative estimate of drug-likeness (QED) is 0.0261. The molecule has 0 aromatic heterocycles. The van der Waals surface area contributed by atoms with Crippen molar-refractivity contribution in [1.29, 1.82) is 0 Å². The monoisotopic (exact) mass is 1120 g/mol. The van der Waals surface area contributed by atoms with Crippen molar-refractivity contribution >= 4 is 17.9 Å². The van der Waals surface area contributed by atoms with E-state index in [-0.39, 0.29) is 31.1 Å². The molecule has 0 aromatic carbocycles. The summed E-state index contributed by atoms with van der Waals surface area (Å²) in [6, 6.07) is 0. The largest absolute Gasteiger partial charge is 0.462 e. The molecular weight excluding hydrogens is 985 g/mol. The summed E-state index contributed by atoms with van der Waals surface area (Å²) < 4.78 is 17.0. The molecule has 6 nitrogen and oxygen atoms in total. The molecule has 0 bridgehead atoms. The Kier molecular flexibility index (Phi) is 66.1. The highest BCUT2D eigenvalue weighted by Gasteiger charge is 2.19. The smallest absolute Gasteiger partial charge is 0.306 e. The summed E-state index contributed by atoms with van der Waals surface area (Å²) in [6.45, 7) is 6.57. The first-order chi connectivity index (χ1) is 39.5. The topological polar surface area (TPSA) is 78.9 Å². The third kappa shape index (κ3) is 65.9. The number of rotatable bonds is 65. The van der Waals surface area contributed by atoms with Crippen molar-refractivity contribution in [3.05, 3.63) is 60.8 Å². The normalized spacial score (nSPS) is 12.4. The van der Waals surface area contributed by atoms with Crippen LogP contribution in [0.25, 0.3) is 0 Å². The van der Waals surface area contributed by atoms with Crippen molar-refractivity contribution < 1.29 is 28.6 Å². The summed E-state index contributed by atoms with van der Waals surface area (Å²) in [5.41, 5.74) is 0. The maximum Gasteiger partial charge on any atom is 0.306 e. The summed E-state index contributed by atoms with van der Waals surface area (Å²) >= 11 is 0. The zero-order valence-corrected chi connectivity index (χ0v) is 53.6. The molecule has 0 spiro atoms. The van der Waals surface area contributed by atoms with Gasteiger partial charge in [0.05, 0.1) is 0 Å². The van der Waals surface area contributed by atoms with Gasteiger partial charge >= 0.3 is 17.9 Å². The van der Waals surface area contributed by atoms with E-state index in [1.165, 1.54) is 231 Å². The van der Waals surface area contributed by atoms with E-state index in [0.29, 0.717) is 19.3 Å². The number of hydrogen-bond donors (Lipinski definition) is 0. The van der Waals surface area contributed by atoms with E-state index >= 15 is 0 Å². The summed E-state index contributed by atoms with van der Waals surface area (Å²) in [5, 5.41) is 0. The van der Waals surface area contributed by atoms with Crippen LogP contribution in [0.5, 0.6) is 0 Å². The molecule has 0 aromatic rings. The number of carbonyl (C=O) groups excluding carboxylic acids is 3. The number of allylic oxidation sites excluding steroid dienone is 10. The van der Waals surface area contributed by atoms with Gasteiger partial charge in [-0.1, -0.05) is 332 Å². The van der Waals surface area contributed by atoms with Gasteiger partial charge in [-0.2, -0.15) is 0 Å². The molecule has 0 saturated carbocycles. The highest BCUT2D eigenvalue weighted by molar-refractivity contribution is 5.71. The molecule has 466 valence electrons. The summed E-state index contributed by atoms with van der Waals surface area (Å²) in [6.07, 6.45) is 88.2. The van der Waals surface area contributed by atoms with E-state index in [0.717, 1.165) is 103 Å². The molecule has 0 amide bonds. The van der Waals surface area contributed by atoms with Crippen LogP contribution in [0.4, 0.5) is 0 Å². The average molecular weight is 1120 g/mol. The Balaban J connectivity index is 4.23. The van der Waals surface area contributed by atoms with Crippen LogP contribution in [-0.2, 0) is 28.6 Å². The molecular formula is C74H134O6. The summed E-state index contributed by atoms with van der Waals surface area (Å²) in [7, 11) is 0. The van der Waals surface area contributed by atoms with Gasteiger partial charge in [-0.3, -0.25) is 14.4 Å². The van der Waals surface area contributed by atoms with Crippen LogP contribution in [0, 0.1) is 0 Å². The molecule has 0 heterocycles. The van der Waals surface area contributed by atoms with Gasteiger partial charge in [0.25, 0.3) is 0 Å². The van der Waals surface area contributed by atoms with Crippen LogP contribution in [0.15, 0.2) is 60.8 Å². The second-order valence-electron chi connectivity index (χ2n) is 23.8. The molecule has 6 heteroatoms. The highest BCUT2D eigenvalue weighted by atomic mass is 16.6. The van der Waals surface area contributed by atoms with Gasteiger partial charge in [-0.15, -0.1) is 0 Å². The van der Waals surface area contributed by atoms with Gasteiger partial charge in [0.2, 0.25) is 0 Å². The fraction of sp³-hybridized carbons (Fsp3) is 0.824. The molecule has 0 fully saturated rings. The number of hydrogen-bond acceptors (Lipinski definition) is 6. The van der Waals surface area contributed by atoms with Crippen molar-refractivity contribution in [3.63, 3.8) is 0 Å². The van der Waals surface area contributed by atoms with Crippen LogP contribution in [0.3, 0.4) is 0 Å². The van der Waals surface area contributed by atoms with Crippen LogP contribution in [0.2, 0.25) is 0 Å². The van der Waals surface area contributed by atoms with Crippen LogP contribution >= 0.6 is 0 Å². The predicted octanol–water partition coefficient (Wildman–Crippen LogP) is 24.3. The van der Waals surface area contributed by atoms with Crippen LogP contribution in [0.1, 0.15) is 374 Å². The molecule has 0 radical (unpaired) electrons. The summed E-state index contributed by atoms with van der Waals surface area (Å²) in [4.78, 5) is 38.4. The molecule has 1 atom stereocenters. The van der Waals surface area contributed by atoms with Gasteiger partial charge in [-0.05, 0) is 83.5 Å². The lowest BCUT2D eigenvalue weighted by Crippen LogP contribution is -2.30. The minimum absolute atomic E-state index is 0.0751. The lowest BCUT2D eigenvalue weighted by atomic mass is 10.0. The van der Waals surface area contributed by atoms with E-state index in [4.69, 9.17) is 14.2 Å². The molecule has 1 unspecified atom stereocenters. The first kappa shape index (κ1) is 77.1. The molecule has 0 rings (SSSR count). The van der Waals surface area contributed by atoms with E-state index in [1.807, 2.05) is 0 Å². The molecule has 0 aliphatic rings. The van der Waals surface area contributed by atoms with Gasteiger partial charge in [0.15, 0.2) is 6.10 Å². The molecule has 0 N–H and O–H groups in total. The van der Waals surface area contributed by atoms with Gasteiger partial charge in [0, 0.05) is 19.3 Å². The Bertz CT molecular complexity index is 1430. The fourth-order valence-electron chi connectivity index (χ4n) is 10.5. The van der Waals surface area contributed by atoms with Crippen LogP contribution < -0.4 is 0 Å². The Hall–Kier alpha value is -2.89. The minimum Gasteiger partial charge on any atom is -0.462 e. The maximum atomic E-state index is 12.9. The number of carbonyl (C=O) groups is 3. The molecule has 0 aliphatic carbocycles. The third-order valence-corrected chi connectivity index (χ3v) is 15.8. The second kappa shape index (κ2) is 68.6. The van der Waals surface area contributed by atoms with Crippen molar-refractivity contribution in [2.75, 3.05) is 13.2 Å². The van der Waals surface area contributed by atoms with Crippen molar-refractivity contribution in [2.24, 2.45) is 0 Å². The zero-order chi connectivity index (χ0) is 57.8. The average Bonchev–Trinajstić information content (AvgIpc) is 3.46. The van der Waals surface area contributed by atoms with Crippen molar-refractivity contribution in [3.8, 4) is 0 Å². The Morgan fingerprint density at radius 1 is 0.263 bits per heavy atom. The number of unbranched alkanes of at least 4 members (excludes halogenated alkanes) is 44. The molecule has 0 saturated heterocycles. The van der Waals surface area contributed by atoms with Gasteiger partial charge < -0.3 is 14.2 Å².